The van der Waals surface area contributed by atoms with Crippen molar-refractivity contribution in [3.05, 3.63) is 36.2 Å². The minimum atomic E-state index is 0.593. The van der Waals surface area contributed by atoms with E-state index in [4.69, 9.17) is 5.26 Å². The summed E-state index contributed by atoms with van der Waals surface area (Å²) in [6.07, 6.45) is 13.2. The molecule has 0 radical (unpaired) electrons. The first-order valence-corrected chi connectivity index (χ1v) is 7.14. The van der Waals surface area contributed by atoms with Crippen LogP contribution in [0.3, 0.4) is 0 Å². The number of aromatic nitrogens is 2. The van der Waals surface area contributed by atoms with Gasteiger partial charge in [0.1, 0.15) is 5.65 Å². The SMILES string of the molecule is N#C/C=C/Cc1c[nH]c2ncc(NC3CCCC3)cc12. The molecule has 2 heterocycles. The Kier molecular flexibility index (Phi) is 3.69. The number of pyridine rings is 1. The zero-order chi connectivity index (χ0) is 13.8. The second-order valence-corrected chi connectivity index (χ2v) is 5.30. The quantitative estimate of drug-likeness (QED) is 0.832. The molecule has 0 aliphatic heterocycles. The lowest BCUT2D eigenvalue weighted by Gasteiger charge is -2.13. The van der Waals surface area contributed by atoms with Crippen LogP contribution in [-0.4, -0.2) is 16.0 Å². The van der Waals surface area contributed by atoms with Crippen LogP contribution >= 0.6 is 0 Å². The normalized spacial score (nSPS) is 15.9. The van der Waals surface area contributed by atoms with Crippen molar-refractivity contribution in [2.75, 3.05) is 5.32 Å². The van der Waals surface area contributed by atoms with E-state index in [0.29, 0.717) is 6.04 Å². The van der Waals surface area contributed by atoms with Crippen molar-refractivity contribution in [3.8, 4) is 6.07 Å². The van der Waals surface area contributed by atoms with Gasteiger partial charge < -0.3 is 10.3 Å². The lowest BCUT2D eigenvalue weighted by molar-refractivity contribution is 0.755. The first-order valence-electron chi connectivity index (χ1n) is 7.14. The minimum absolute atomic E-state index is 0.593. The highest BCUT2D eigenvalue weighted by atomic mass is 14.9. The highest BCUT2D eigenvalue weighted by Gasteiger charge is 2.15. The van der Waals surface area contributed by atoms with E-state index in [9.17, 15) is 0 Å². The summed E-state index contributed by atoms with van der Waals surface area (Å²) in [5, 5.41) is 13.2. The number of hydrogen-bond acceptors (Lipinski definition) is 3. The predicted octanol–water partition coefficient (Wildman–Crippen LogP) is 3.54. The number of allylic oxidation sites excluding steroid dienone is 2. The Hall–Kier alpha value is -2.28. The molecular weight excluding hydrogens is 248 g/mol. The van der Waals surface area contributed by atoms with Crippen LogP contribution in [0.15, 0.2) is 30.6 Å². The van der Waals surface area contributed by atoms with Crippen molar-refractivity contribution in [1.29, 1.82) is 5.26 Å². The van der Waals surface area contributed by atoms with Gasteiger partial charge in [-0.1, -0.05) is 18.9 Å². The molecule has 1 aliphatic carbocycles. The maximum Gasteiger partial charge on any atom is 0.137 e. The third-order valence-electron chi connectivity index (χ3n) is 3.87. The van der Waals surface area contributed by atoms with Gasteiger partial charge in [-0.15, -0.1) is 0 Å². The average Bonchev–Trinajstić information content (AvgIpc) is 3.09. The van der Waals surface area contributed by atoms with Crippen molar-refractivity contribution >= 4 is 16.7 Å². The predicted molar refractivity (Wildman–Crippen MR) is 80.4 cm³/mol. The number of rotatable bonds is 4. The van der Waals surface area contributed by atoms with E-state index < -0.39 is 0 Å². The van der Waals surface area contributed by atoms with Crippen molar-refractivity contribution in [1.82, 2.24) is 9.97 Å². The van der Waals surface area contributed by atoms with Gasteiger partial charge in [0.05, 0.1) is 18.0 Å². The lowest BCUT2D eigenvalue weighted by Crippen LogP contribution is -2.14. The monoisotopic (exact) mass is 266 g/mol. The Morgan fingerprint density at radius 2 is 2.30 bits per heavy atom. The average molecular weight is 266 g/mol. The van der Waals surface area contributed by atoms with E-state index in [0.717, 1.165) is 23.1 Å². The molecule has 0 saturated heterocycles. The van der Waals surface area contributed by atoms with Crippen LogP contribution in [0.4, 0.5) is 5.69 Å². The molecule has 2 aromatic heterocycles. The maximum atomic E-state index is 8.54. The van der Waals surface area contributed by atoms with Gasteiger partial charge in [-0.3, -0.25) is 0 Å². The van der Waals surface area contributed by atoms with E-state index in [1.165, 1.54) is 37.3 Å². The van der Waals surface area contributed by atoms with Crippen LogP contribution < -0.4 is 5.32 Å². The van der Waals surface area contributed by atoms with E-state index in [1.807, 2.05) is 24.5 Å². The molecule has 0 bridgehead atoms. The molecule has 0 spiro atoms. The molecule has 0 aromatic carbocycles. The first kappa shape index (κ1) is 12.7. The molecular formula is C16H18N4. The molecule has 4 nitrogen and oxygen atoms in total. The Balaban J connectivity index is 1.82. The molecule has 2 N–H and O–H groups in total. The first-order chi connectivity index (χ1) is 9.86. The second-order valence-electron chi connectivity index (χ2n) is 5.30. The van der Waals surface area contributed by atoms with Crippen LogP contribution in [0.1, 0.15) is 31.2 Å². The van der Waals surface area contributed by atoms with Gasteiger partial charge in [0.2, 0.25) is 0 Å². The number of H-pyrrole nitrogens is 1. The van der Waals surface area contributed by atoms with Crippen LogP contribution in [0.5, 0.6) is 0 Å². The second kappa shape index (κ2) is 5.79. The lowest BCUT2D eigenvalue weighted by atomic mass is 10.1. The van der Waals surface area contributed by atoms with E-state index >= 15 is 0 Å². The summed E-state index contributed by atoms with van der Waals surface area (Å²) in [5.41, 5.74) is 3.17. The van der Waals surface area contributed by atoms with Gasteiger partial charge >= 0.3 is 0 Å². The molecule has 20 heavy (non-hydrogen) atoms. The maximum absolute atomic E-state index is 8.54. The molecule has 1 aliphatic rings. The van der Waals surface area contributed by atoms with E-state index in [1.54, 1.807) is 0 Å². The zero-order valence-corrected chi connectivity index (χ0v) is 11.4. The number of hydrogen-bond donors (Lipinski definition) is 2. The molecule has 1 fully saturated rings. The fraction of sp³-hybridized carbons (Fsp3) is 0.375. The van der Waals surface area contributed by atoms with Crippen LogP contribution in [0.2, 0.25) is 0 Å². The topological polar surface area (TPSA) is 64.5 Å². The number of nitrogens with one attached hydrogen (secondary N) is 2. The van der Waals surface area contributed by atoms with E-state index in [-0.39, 0.29) is 0 Å². The summed E-state index contributed by atoms with van der Waals surface area (Å²) in [4.78, 5) is 7.65. The van der Waals surface area contributed by atoms with E-state index in [2.05, 4.69) is 21.4 Å². The van der Waals surface area contributed by atoms with Crippen molar-refractivity contribution < 1.29 is 0 Å². The molecule has 102 valence electrons. The number of aromatic amines is 1. The molecule has 0 amide bonds. The summed E-state index contributed by atoms with van der Waals surface area (Å²) in [7, 11) is 0. The number of fused-ring (bicyclic) bond motifs is 1. The van der Waals surface area contributed by atoms with Crippen molar-refractivity contribution in [3.63, 3.8) is 0 Å². The third-order valence-corrected chi connectivity index (χ3v) is 3.87. The number of anilines is 1. The summed E-state index contributed by atoms with van der Waals surface area (Å²) in [5.74, 6) is 0. The van der Waals surface area contributed by atoms with Gasteiger partial charge in [-0.25, -0.2) is 4.98 Å². The van der Waals surface area contributed by atoms with Gasteiger partial charge in [0, 0.05) is 23.7 Å². The molecule has 4 heteroatoms. The van der Waals surface area contributed by atoms with Gasteiger partial charge in [0.25, 0.3) is 0 Å². The zero-order valence-electron chi connectivity index (χ0n) is 11.4. The highest BCUT2D eigenvalue weighted by Crippen LogP contribution is 2.25. The summed E-state index contributed by atoms with van der Waals surface area (Å²) >= 11 is 0. The van der Waals surface area contributed by atoms with Gasteiger partial charge in [-0.05, 0) is 30.9 Å². The third kappa shape index (κ3) is 2.67. The smallest absolute Gasteiger partial charge is 0.137 e. The Bertz CT molecular complexity index is 657. The standard InChI is InChI=1S/C16H18N4/c17-8-4-3-5-12-10-18-16-15(12)9-14(11-19-16)20-13-6-1-2-7-13/h3-4,9-11,13,20H,1-2,5-7H2,(H,18,19)/b4-3+. The Morgan fingerprint density at radius 3 is 3.10 bits per heavy atom. The molecule has 0 atom stereocenters. The molecule has 2 aromatic rings. The highest BCUT2D eigenvalue weighted by molar-refractivity contribution is 5.83. The largest absolute Gasteiger partial charge is 0.381 e. The molecule has 3 rings (SSSR count). The summed E-state index contributed by atoms with van der Waals surface area (Å²) < 4.78 is 0. The fourth-order valence-corrected chi connectivity index (χ4v) is 2.85. The minimum Gasteiger partial charge on any atom is -0.381 e. The van der Waals surface area contributed by atoms with Crippen molar-refractivity contribution in [2.24, 2.45) is 0 Å². The Labute approximate surface area is 118 Å². The number of nitrogens with zero attached hydrogens (tertiary/aromatic N) is 2. The van der Waals surface area contributed by atoms with Gasteiger partial charge in [-0.2, -0.15) is 5.26 Å². The van der Waals surface area contributed by atoms with Crippen LogP contribution in [0, 0.1) is 11.3 Å². The van der Waals surface area contributed by atoms with Crippen LogP contribution in [0.25, 0.3) is 11.0 Å². The van der Waals surface area contributed by atoms with Crippen molar-refractivity contribution in [2.45, 2.75) is 38.1 Å². The summed E-state index contributed by atoms with van der Waals surface area (Å²) in [6, 6.07) is 4.77. The molecule has 0 unspecified atom stereocenters. The summed E-state index contributed by atoms with van der Waals surface area (Å²) in [6.45, 7) is 0. The van der Waals surface area contributed by atoms with Crippen LogP contribution in [-0.2, 0) is 6.42 Å². The van der Waals surface area contributed by atoms with Gasteiger partial charge in [0.15, 0.2) is 0 Å². The molecule has 1 saturated carbocycles. The Morgan fingerprint density at radius 1 is 1.45 bits per heavy atom. The number of nitriles is 1. The fourth-order valence-electron chi connectivity index (χ4n) is 2.85.